The van der Waals surface area contributed by atoms with Crippen molar-refractivity contribution in [2.45, 2.75) is 0 Å². The molecule has 0 bridgehead atoms. The molecule has 0 fully saturated rings. The van der Waals surface area contributed by atoms with Gasteiger partial charge >= 0.3 is 0 Å². The quantitative estimate of drug-likeness (QED) is 0.713. The molecule has 3 N–H and O–H groups in total. The van der Waals surface area contributed by atoms with Crippen molar-refractivity contribution in [3.63, 3.8) is 0 Å². The highest BCUT2D eigenvalue weighted by molar-refractivity contribution is 6.38. The average molecular weight is 322 g/mol. The van der Waals surface area contributed by atoms with Gasteiger partial charge in [-0.15, -0.1) is 0 Å². The molecule has 0 aliphatic heterocycles. The summed E-state index contributed by atoms with van der Waals surface area (Å²) in [5, 5.41) is 19.6. The summed E-state index contributed by atoms with van der Waals surface area (Å²) in [6.07, 6.45) is 1.63. The van der Waals surface area contributed by atoms with Gasteiger partial charge in [-0.3, -0.25) is 9.78 Å². The number of nitrogens with one attached hydrogen (secondary N) is 1. The molecule has 0 spiro atoms. The molecular formula is C16H8ClN5O. The van der Waals surface area contributed by atoms with E-state index in [4.69, 9.17) is 17.3 Å². The van der Waals surface area contributed by atoms with Crippen LogP contribution < -0.4 is 11.3 Å². The molecule has 110 valence electrons. The Labute approximate surface area is 135 Å². The molecule has 23 heavy (non-hydrogen) atoms. The van der Waals surface area contributed by atoms with Crippen LogP contribution in [-0.2, 0) is 0 Å². The van der Waals surface area contributed by atoms with Crippen molar-refractivity contribution in [2.24, 2.45) is 0 Å². The van der Waals surface area contributed by atoms with Gasteiger partial charge in [0.1, 0.15) is 29.1 Å². The first kappa shape index (κ1) is 14.6. The van der Waals surface area contributed by atoms with Gasteiger partial charge in [0.25, 0.3) is 5.56 Å². The number of aromatic amines is 1. The number of fused-ring (bicyclic) bond motifs is 1. The second-order valence-corrected chi connectivity index (χ2v) is 5.09. The van der Waals surface area contributed by atoms with Gasteiger partial charge in [0, 0.05) is 22.7 Å². The maximum atomic E-state index is 12.0. The number of H-pyrrole nitrogens is 1. The Morgan fingerprint density at radius 1 is 1.17 bits per heavy atom. The molecule has 3 rings (SSSR count). The Morgan fingerprint density at radius 3 is 2.61 bits per heavy atom. The number of nitrogen functional groups attached to an aromatic ring is 1. The lowest BCUT2D eigenvalue weighted by atomic mass is 9.95. The molecule has 0 unspecified atom stereocenters. The highest BCUT2D eigenvalue weighted by atomic mass is 35.5. The van der Waals surface area contributed by atoms with Crippen LogP contribution in [0.1, 0.15) is 11.1 Å². The van der Waals surface area contributed by atoms with Gasteiger partial charge in [-0.1, -0.05) is 17.7 Å². The van der Waals surface area contributed by atoms with Gasteiger partial charge in [0.05, 0.1) is 10.5 Å². The first-order chi connectivity index (χ1) is 11.1. The summed E-state index contributed by atoms with van der Waals surface area (Å²) >= 11 is 6.43. The average Bonchev–Trinajstić information content (AvgIpc) is 2.55. The van der Waals surface area contributed by atoms with E-state index >= 15 is 0 Å². The number of halogens is 1. The number of nitrogens with zero attached hydrogens (tertiary/aromatic N) is 3. The van der Waals surface area contributed by atoms with E-state index in [1.807, 2.05) is 12.1 Å². The zero-order valence-electron chi connectivity index (χ0n) is 11.6. The van der Waals surface area contributed by atoms with E-state index < -0.39 is 5.56 Å². The maximum Gasteiger partial charge on any atom is 0.268 e. The molecule has 0 aliphatic carbocycles. The summed E-state index contributed by atoms with van der Waals surface area (Å²) in [6.45, 7) is 0. The molecular weight excluding hydrogens is 314 g/mol. The van der Waals surface area contributed by atoms with E-state index in [9.17, 15) is 15.3 Å². The number of aromatic nitrogens is 2. The highest BCUT2D eigenvalue weighted by Crippen LogP contribution is 2.37. The minimum atomic E-state index is -0.665. The van der Waals surface area contributed by atoms with E-state index in [0.29, 0.717) is 21.5 Å². The molecule has 2 heterocycles. The van der Waals surface area contributed by atoms with Crippen LogP contribution in [0, 0.1) is 22.7 Å². The molecule has 0 atom stereocenters. The molecule has 6 nitrogen and oxygen atoms in total. The van der Waals surface area contributed by atoms with Gasteiger partial charge in [0.15, 0.2) is 0 Å². The van der Waals surface area contributed by atoms with Crippen LogP contribution in [0.15, 0.2) is 35.3 Å². The second-order valence-electron chi connectivity index (χ2n) is 4.71. The summed E-state index contributed by atoms with van der Waals surface area (Å²) in [5.41, 5.74) is 6.03. The number of pyridine rings is 2. The van der Waals surface area contributed by atoms with Crippen molar-refractivity contribution in [3.05, 3.63) is 57.0 Å². The Morgan fingerprint density at radius 2 is 1.91 bits per heavy atom. The number of hydrogen-bond acceptors (Lipinski definition) is 5. The number of benzene rings is 1. The smallest absolute Gasteiger partial charge is 0.268 e. The normalized spacial score (nSPS) is 10.2. The third-order valence-corrected chi connectivity index (χ3v) is 3.86. The van der Waals surface area contributed by atoms with Crippen LogP contribution in [0.25, 0.3) is 22.0 Å². The molecule has 2 aromatic heterocycles. The highest BCUT2D eigenvalue weighted by Gasteiger charge is 2.21. The van der Waals surface area contributed by atoms with Crippen molar-refractivity contribution >= 4 is 28.3 Å². The summed E-state index contributed by atoms with van der Waals surface area (Å²) < 4.78 is 0. The van der Waals surface area contributed by atoms with Crippen molar-refractivity contribution in [1.82, 2.24) is 9.97 Å². The van der Waals surface area contributed by atoms with Crippen LogP contribution in [-0.4, -0.2) is 9.97 Å². The van der Waals surface area contributed by atoms with E-state index in [1.54, 1.807) is 30.5 Å². The second kappa shape index (κ2) is 5.45. The predicted molar refractivity (Wildman–Crippen MR) is 86.7 cm³/mol. The predicted octanol–water partition coefficient (Wildman–Crippen LogP) is 2.57. The Balaban J connectivity index is 2.50. The van der Waals surface area contributed by atoms with E-state index in [0.717, 1.165) is 0 Å². The lowest BCUT2D eigenvalue weighted by Gasteiger charge is -2.11. The van der Waals surface area contributed by atoms with Crippen molar-refractivity contribution < 1.29 is 0 Å². The minimum Gasteiger partial charge on any atom is -0.384 e. The Bertz CT molecular complexity index is 1090. The lowest BCUT2D eigenvalue weighted by molar-refractivity contribution is 1.21. The van der Waals surface area contributed by atoms with Crippen molar-refractivity contribution in [2.75, 3.05) is 5.73 Å². The topological polar surface area (TPSA) is 119 Å². The Hall–Kier alpha value is -3.35. The molecule has 0 saturated carbocycles. The van der Waals surface area contributed by atoms with Crippen LogP contribution in [0.2, 0.25) is 5.02 Å². The van der Waals surface area contributed by atoms with Crippen molar-refractivity contribution in [3.8, 4) is 23.3 Å². The van der Waals surface area contributed by atoms with Gasteiger partial charge in [-0.05, 0) is 18.2 Å². The summed E-state index contributed by atoms with van der Waals surface area (Å²) in [4.78, 5) is 18.5. The van der Waals surface area contributed by atoms with Crippen LogP contribution in [0.5, 0.6) is 0 Å². The zero-order chi connectivity index (χ0) is 16.6. The fraction of sp³-hybridized carbons (Fsp3) is 0. The van der Waals surface area contributed by atoms with Crippen molar-refractivity contribution in [1.29, 1.82) is 10.5 Å². The van der Waals surface area contributed by atoms with Gasteiger partial charge in [-0.2, -0.15) is 10.5 Å². The number of rotatable bonds is 1. The SMILES string of the molecule is N#Cc1c(N)[nH]c(=O)c(C#N)c1-c1ccc2ncccc2c1Cl. The molecule has 0 amide bonds. The summed E-state index contributed by atoms with van der Waals surface area (Å²) in [5.74, 6) is -0.103. The van der Waals surface area contributed by atoms with Gasteiger partial charge < -0.3 is 10.7 Å². The lowest BCUT2D eigenvalue weighted by Crippen LogP contribution is -2.16. The fourth-order valence-corrected chi connectivity index (χ4v) is 2.74. The number of nitriles is 2. The monoisotopic (exact) mass is 321 g/mol. The van der Waals surface area contributed by atoms with E-state index in [-0.39, 0.29) is 22.5 Å². The molecule has 3 aromatic rings. The van der Waals surface area contributed by atoms with Crippen LogP contribution >= 0.6 is 11.6 Å². The number of anilines is 1. The summed E-state index contributed by atoms with van der Waals surface area (Å²) in [7, 11) is 0. The van der Waals surface area contributed by atoms with E-state index in [1.165, 1.54) is 0 Å². The standard InChI is InChI=1S/C16H8ClN5O/c17-14-8-2-1-5-21-12(8)4-3-9(14)13-10(6-18)15(20)22-16(23)11(13)7-19/h1-5H,(H3,20,22,23). The molecule has 0 aliphatic rings. The number of hydrogen-bond donors (Lipinski definition) is 2. The molecule has 7 heteroatoms. The van der Waals surface area contributed by atoms with Gasteiger partial charge in [-0.25, -0.2) is 0 Å². The molecule has 0 saturated heterocycles. The summed E-state index contributed by atoms with van der Waals surface area (Å²) in [6, 6.07) is 10.5. The largest absolute Gasteiger partial charge is 0.384 e. The maximum absolute atomic E-state index is 12.0. The van der Waals surface area contributed by atoms with Crippen LogP contribution in [0.3, 0.4) is 0 Å². The first-order valence-corrected chi connectivity index (χ1v) is 6.85. The van der Waals surface area contributed by atoms with Gasteiger partial charge in [0.2, 0.25) is 0 Å². The van der Waals surface area contributed by atoms with Crippen LogP contribution in [0.4, 0.5) is 5.82 Å². The third-order valence-electron chi connectivity index (χ3n) is 3.46. The molecule has 0 radical (unpaired) electrons. The number of nitrogens with two attached hydrogens (primary N) is 1. The first-order valence-electron chi connectivity index (χ1n) is 6.48. The third kappa shape index (κ3) is 2.18. The zero-order valence-corrected chi connectivity index (χ0v) is 12.3. The minimum absolute atomic E-state index is 0.00582. The fourth-order valence-electron chi connectivity index (χ4n) is 2.42. The molecule has 1 aromatic carbocycles. The van der Waals surface area contributed by atoms with E-state index in [2.05, 4.69) is 9.97 Å². The Kier molecular flexibility index (Phi) is 3.46.